The zero-order valence-corrected chi connectivity index (χ0v) is 17.0. The summed E-state index contributed by atoms with van der Waals surface area (Å²) in [4.78, 5) is 29.0. The molecule has 3 aliphatic heterocycles. The number of ketones is 1. The molecule has 1 amide bonds. The van der Waals surface area contributed by atoms with Crippen molar-refractivity contribution in [3.63, 3.8) is 0 Å². The highest BCUT2D eigenvalue weighted by molar-refractivity contribution is 6.01. The Hall–Kier alpha value is -2.32. The SMILES string of the molecule is CC(C(=O)c1ccc2c(c1)OCO2)N(C)C(=O)OCCN1CCCCC12COC2. The van der Waals surface area contributed by atoms with E-state index in [1.54, 1.807) is 32.2 Å². The summed E-state index contributed by atoms with van der Waals surface area (Å²) in [5, 5.41) is 0. The first kappa shape index (κ1) is 20.0. The largest absolute Gasteiger partial charge is 0.454 e. The van der Waals surface area contributed by atoms with Crippen molar-refractivity contribution < 1.29 is 28.5 Å². The second-order valence-electron chi connectivity index (χ2n) is 7.99. The summed E-state index contributed by atoms with van der Waals surface area (Å²) in [7, 11) is 1.58. The highest BCUT2D eigenvalue weighted by Gasteiger charge is 2.45. The van der Waals surface area contributed by atoms with Crippen molar-refractivity contribution in [1.82, 2.24) is 9.80 Å². The van der Waals surface area contributed by atoms with Gasteiger partial charge in [0, 0.05) is 19.2 Å². The molecule has 0 aliphatic carbocycles. The van der Waals surface area contributed by atoms with Crippen LogP contribution in [0.1, 0.15) is 36.5 Å². The minimum atomic E-state index is -0.649. The maximum atomic E-state index is 12.8. The molecule has 0 radical (unpaired) electrons. The molecule has 1 spiro atoms. The zero-order valence-electron chi connectivity index (χ0n) is 17.0. The molecule has 2 saturated heterocycles. The van der Waals surface area contributed by atoms with E-state index in [2.05, 4.69) is 4.90 Å². The number of likely N-dealkylation sites (N-methyl/N-ethyl adjacent to an activating group) is 1. The van der Waals surface area contributed by atoms with Crippen molar-refractivity contribution in [2.24, 2.45) is 0 Å². The first-order valence-electron chi connectivity index (χ1n) is 10.2. The van der Waals surface area contributed by atoms with E-state index in [1.807, 2.05) is 0 Å². The van der Waals surface area contributed by atoms with E-state index in [1.165, 1.54) is 11.3 Å². The molecule has 1 aromatic rings. The number of hydrogen-bond acceptors (Lipinski definition) is 7. The predicted molar refractivity (Wildman–Crippen MR) is 104 cm³/mol. The molecule has 0 saturated carbocycles. The Labute approximate surface area is 170 Å². The molecule has 0 aromatic heterocycles. The van der Waals surface area contributed by atoms with E-state index in [9.17, 15) is 9.59 Å². The molecule has 29 heavy (non-hydrogen) atoms. The molecule has 8 heteroatoms. The summed E-state index contributed by atoms with van der Waals surface area (Å²) in [6, 6.07) is 4.39. The summed E-state index contributed by atoms with van der Waals surface area (Å²) < 4.78 is 21.5. The fourth-order valence-corrected chi connectivity index (χ4v) is 4.14. The number of hydrogen-bond donors (Lipinski definition) is 0. The van der Waals surface area contributed by atoms with Gasteiger partial charge in [0.1, 0.15) is 6.61 Å². The van der Waals surface area contributed by atoms with Crippen LogP contribution in [0.15, 0.2) is 18.2 Å². The molecular formula is C21H28N2O6. The lowest BCUT2D eigenvalue weighted by Crippen LogP contribution is -2.64. The maximum Gasteiger partial charge on any atom is 0.410 e. The fourth-order valence-electron chi connectivity index (χ4n) is 4.14. The number of amides is 1. The van der Waals surface area contributed by atoms with Gasteiger partial charge in [-0.05, 0) is 44.5 Å². The van der Waals surface area contributed by atoms with Gasteiger partial charge in [0.05, 0.1) is 24.8 Å². The van der Waals surface area contributed by atoms with Gasteiger partial charge >= 0.3 is 6.09 Å². The van der Waals surface area contributed by atoms with Crippen LogP contribution in [0.3, 0.4) is 0 Å². The Morgan fingerprint density at radius 1 is 1.24 bits per heavy atom. The molecule has 0 N–H and O–H groups in total. The maximum absolute atomic E-state index is 12.8. The molecule has 3 heterocycles. The van der Waals surface area contributed by atoms with E-state index < -0.39 is 12.1 Å². The minimum Gasteiger partial charge on any atom is -0.454 e. The first-order valence-corrected chi connectivity index (χ1v) is 10.2. The van der Waals surface area contributed by atoms with Gasteiger partial charge in [-0.3, -0.25) is 9.69 Å². The molecule has 1 atom stereocenters. The zero-order chi connectivity index (χ0) is 20.4. The van der Waals surface area contributed by atoms with Crippen LogP contribution in [0.2, 0.25) is 0 Å². The molecule has 4 rings (SSSR count). The number of carbonyl (C=O) groups is 2. The van der Waals surface area contributed by atoms with Gasteiger partial charge in [-0.1, -0.05) is 6.42 Å². The fraction of sp³-hybridized carbons (Fsp3) is 0.619. The van der Waals surface area contributed by atoms with Gasteiger partial charge in [0.15, 0.2) is 17.3 Å². The van der Waals surface area contributed by atoms with E-state index in [-0.39, 0.29) is 18.1 Å². The molecule has 3 aliphatic rings. The van der Waals surface area contributed by atoms with Gasteiger partial charge in [0.25, 0.3) is 0 Å². The van der Waals surface area contributed by atoms with Crippen LogP contribution < -0.4 is 9.47 Å². The monoisotopic (exact) mass is 404 g/mol. The van der Waals surface area contributed by atoms with Crippen LogP contribution in [-0.4, -0.2) is 80.0 Å². The Morgan fingerprint density at radius 3 is 2.79 bits per heavy atom. The summed E-state index contributed by atoms with van der Waals surface area (Å²) in [6.07, 6.45) is 3.03. The van der Waals surface area contributed by atoms with E-state index >= 15 is 0 Å². The molecule has 158 valence electrons. The Balaban J connectivity index is 1.28. The number of fused-ring (bicyclic) bond motifs is 1. The average molecular weight is 404 g/mol. The van der Waals surface area contributed by atoms with Crippen molar-refractivity contribution in [2.45, 2.75) is 37.8 Å². The average Bonchev–Trinajstić information content (AvgIpc) is 3.19. The van der Waals surface area contributed by atoms with Crippen molar-refractivity contribution in [3.8, 4) is 11.5 Å². The van der Waals surface area contributed by atoms with Crippen LogP contribution >= 0.6 is 0 Å². The third-order valence-corrected chi connectivity index (χ3v) is 6.22. The van der Waals surface area contributed by atoms with Crippen LogP contribution in [0.5, 0.6) is 11.5 Å². The van der Waals surface area contributed by atoms with Crippen LogP contribution in [0.4, 0.5) is 4.79 Å². The van der Waals surface area contributed by atoms with E-state index in [4.69, 9.17) is 18.9 Å². The first-order chi connectivity index (χ1) is 14.0. The van der Waals surface area contributed by atoms with Crippen molar-refractivity contribution in [1.29, 1.82) is 0 Å². The van der Waals surface area contributed by atoms with Crippen LogP contribution in [-0.2, 0) is 9.47 Å². The highest BCUT2D eigenvalue weighted by atomic mass is 16.7. The smallest absolute Gasteiger partial charge is 0.410 e. The number of likely N-dealkylation sites (tertiary alicyclic amines) is 1. The lowest BCUT2D eigenvalue weighted by atomic mass is 9.85. The molecule has 1 aromatic carbocycles. The van der Waals surface area contributed by atoms with Crippen LogP contribution in [0, 0.1) is 0 Å². The number of rotatable bonds is 6. The summed E-state index contributed by atoms with van der Waals surface area (Å²) >= 11 is 0. The number of ether oxygens (including phenoxy) is 4. The number of piperidine rings is 1. The molecule has 0 bridgehead atoms. The number of nitrogens with zero attached hydrogens (tertiary/aromatic N) is 2. The standard InChI is InChI=1S/C21H28N2O6/c1-15(19(24)16-5-6-17-18(11-16)29-14-28-17)22(2)20(25)27-10-9-23-8-4-3-7-21(23)12-26-13-21/h5-6,11,15H,3-4,7-10,12-14H2,1-2H3. The third-order valence-electron chi connectivity index (χ3n) is 6.22. The van der Waals surface area contributed by atoms with Gasteiger partial charge in [0.2, 0.25) is 6.79 Å². The Morgan fingerprint density at radius 2 is 2.03 bits per heavy atom. The predicted octanol–water partition coefficient (Wildman–Crippen LogP) is 2.31. The van der Waals surface area contributed by atoms with E-state index in [0.29, 0.717) is 30.2 Å². The van der Waals surface area contributed by atoms with Gasteiger partial charge in [-0.15, -0.1) is 0 Å². The topological polar surface area (TPSA) is 77.5 Å². The van der Waals surface area contributed by atoms with Gasteiger partial charge in [-0.25, -0.2) is 4.79 Å². The molecule has 2 fully saturated rings. The normalized spacial score (nSPS) is 20.8. The molecule has 8 nitrogen and oxygen atoms in total. The number of Topliss-reactive ketones (excluding diaryl/α,β-unsaturated/α-hetero) is 1. The van der Waals surface area contributed by atoms with Crippen molar-refractivity contribution in [2.75, 3.05) is 46.8 Å². The minimum absolute atomic E-state index is 0.138. The molecular weight excluding hydrogens is 376 g/mol. The van der Waals surface area contributed by atoms with Gasteiger partial charge < -0.3 is 23.8 Å². The number of benzene rings is 1. The Kier molecular flexibility index (Phi) is 5.65. The quantitative estimate of drug-likeness (QED) is 0.674. The second kappa shape index (κ2) is 8.20. The van der Waals surface area contributed by atoms with E-state index in [0.717, 1.165) is 32.6 Å². The van der Waals surface area contributed by atoms with Crippen molar-refractivity contribution >= 4 is 11.9 Å². The Bertz CT molecular complexity index is 778. The third kappa shape index (κ3) is 3.91. The highest BCUT2D eigenvalue weighted by Crippen LogP contribution is 2.34. The summed E-state index contributed by atoms with van der Waals surface area (Å²) in [5.41, 5.74) is 0.612. The lowest BCUT2D eigenvalue weighted by molar-refractivity contribution is -0.158. The van der Waals surface area contributed by atoms with Crippen LogP contribution in [0.25, 0.3) is 0 Å². The molecule has 1 unspecified atom stereocenters. The lowest BCUT2D eigenvalue weighted by Gasteiger charge is -2.52. The van der Waals surface area contributed by atoms with Gasteiger partial charge in [-0.2, -0.15) is 0 Å². The van der Waals surface area contributed by atoms with Crippen molar-refractivity contribution in [3.05, 3.63) is 23.8 Å². The summed E-state index contributed by atoms with van der Waals surface area (Å²) in [5.74, 6) is 0.988. The second-order valence-corrected chi connectivity index (χ2v) is 7.99. The number of carbonyl (C=O) groups excluding carboxylic acids is 2. The summed E-state index contributed by atoms with van der Waals surface area (Å²) in [6.45, 7) is 5.38.